The van der Waals surface area contributed by atoms with Crippen molar-refractivity contribution in [1.29, 1.82) is 0 Å². The zero-order chi connectivity index (χ0) is 14.7. The Morgan fingerprint density at radius 1 is 1.40 bits per heavy atom. The number of hydrogen-bond acceptors (Lipinski definition) is 3. The fraction of sp³-hybridized carbons (Fsp3) is 0.286. The lowest BCUT2D eigenvalue weighted by Gasteiger charge is -2.27. The highest BCUT2D eigenvalue weighted by molar-refractivity contribution is 9.10. The van der Waals surface area contributed by atoms with Crippen LogP contribution < -0.4 is 5.73 Å². The Labute approximate surface area is 135 Å². The summed E-state index contributed by atoms with van der Waals surface area (Å²) in [5.74, 6) is -0.255. The molecule has 2 rings (SSSR count). The van der Waals surface area contributed by atoms with Crippen molar-refractivity contribution in [3.8, 4) is 0 Å². The second-order valence-corrected chi connectivity index (χ2v) is 7.19. The van der Waals surface area contributed by atoms with E-state index in [0.717, 1.165) is 25.8 Å². The van der Waals surface area contributed by atoms with E-state index >= 15 is 0 Å². The number of nitrogens with two attached hydrogens (primary N) is 1. The predicted octanol–water partition coefficient (Wildman–Crippen LogP) is 4.43. The minimum absolute atomic E-state index is 0.0547. The average molecular weight is 378 g/mol. The lowest BCUT2D eigenvalue weighted by Crippen LogP contribution is -2.30. The maximum atomic E-state index is 13.4. The SMILES string of the molecule is CN(Cc1ccc(Cl)s1)C(CN)c1cc(F)ccc1Br. The molecule has 2 aromatic rings. The van der Waals surface area contributed by atoms with E-state index in [-0.39, 0.29) is 11.9 Å². The molecule has 0 aliphatic carbocycles. The molecule has 2 N–H and O–H groups in total. The van der Waals surface area contributed by atoms with Crippen molar-refractivity contribution in [1.82, 2.24) is 4.90 Å². The Morgan fingerprint density at radius 3 is 2.75 bits per heavy atom. The van der Waals surface area contributed by atoms with Gasteiger partial charge in [-0.25, -0.2) is 4.39 Å². The standard InChI is InChI=1S/C14H15BrClFN2S/c1-19(8-10-3-5-14(16)20-10)13(7-18)11-6-9(17)2-4-12(11)15/h2-6,13H,7-8,18H2,1H3. The number of benzene rings is 1. The lowest BCUT2D eigenvalue weighted by atomic mass is 10.1. The van der Waals surface area contributed by atoms with Crippen molar-refractivity contribution >= 4 is 38.9 Å². The highest BCUT2D eigenvalue weighted by Crippen LogP contribution is 2.30. The summed E-state index contributed by atoms with van der Waals surface area (Å²) in [4.78, 5) is 3.25. The molecule has 1 aromatic carbocycles. The second-order valence-electron chi connectivity index (χ2n) is 4.54. The number of rotatable bonds is 5. The first-order chi connectivity index (χ1) is 9.51. The molecule has 0 radical (unpaired) electrons. The van der Waals surface area contributed by atoms with Crippen LogP contribution >= 0.6 is 38.9 Å². The Kier molecular flexibility index (Phi) is 5.57. The molecule has 0 spiro atoms. The number of halogens is 3. The Balaban J connectivity index is 2.20. The fourth-order valence-electron chi connectivity index (χ4n) is 2.11. The molecule has 0 amide bonds. The van der Waals surface area contributed by atoms with E-state index in [4.69, 9.17) is 17.3 Å². The van der Waals surface area contributed by atoms with Crippen LogP contribution in [0.1, 0.15) is 16.5 Å². The van der Waals surface area contributed by atoms with E-state index in [1.165, 1.54) is 12.1 Å². The first-order valence-corrected chi connectivity index (χ1v) is 8.09. The van der Waals surface area contributed by atoms with Gasteiger partial charge in [-0.3, -0.25) is 4.90 Å². The van der Waals surface area contributed by atoms with Gasteiger partial charge in [0.15, 0.2) is 0 Å². The maximum Gasteiger partial charge on any atom is 0.123 e. The third-order valence-electron chi connectivity index (χ3n) is 3.11. The molecule has 6 heteroatoms. The van der Waals surface area contributed by atoms with Gasteiger partial charge in [0.1, 0.15) is 5.82 Å². The van der Waals surface area contributed by atoms with Crippen LogP contribution in [0.2, 0.25) is 4.34 Å². The first-order valence-electron chi connectivity index (χ1n) is 6.10. The normalized spacial score (nSPS) is 12.9. The van der Waals surface area contributed by atoms with E-state index in [9.17, 15) is 4.39 Å². The third-order valence-corrected chi connectivity index (χ3v) is 5.04. The number of likely N-dealkylation sites (N-methyl/N-ethyl adjacent to an activating group) is 1. The van der Waals surface area contributed by atoms with E-state index < -0.39 is 0 Å². The van der Waals surface area contributed by atoms with Crippen molar-refractivity contribution in [2.75, 3.05) is 13.6 Å². The predicted molar refractivity (Wildman–Crippen MR) is 86.7 cm³/mol. The summed E-state index contributed by atoms with van der Waals surface area (Å²) in [6, 6.07) is 8.49. The van der Waals surface area contributed by atoms with E-state index in [0.29, 0.717) is 6.54 Å². The molecule has 1 unspecified atom stereocenters. The molecular weight excluding hydrogens is 363 g/mol. The summed E-state index contributed by atoms with van der Waals surface area (Å²) in [6.07, 6.45) is 0. The van der Waals surface area contributed by atoms with Gasteiger partial charge in [-0.1, -0.05) is 27.5 Å². The molecule has 0 saturated carbocycles. The second kappa shape index (κ2) is 7.00. The van der Waals surface area contributed by atoms with E-state index in [1.807, 2.05) is 19.2 Å². The molecule has 1 atom stereocenters. The van der Waals surface area contributed by atoms with Crippen molar-refractivity contribution in [2.45, 2.75) is 12.6 Å². The van der Waals surface area contributed by atoms with Crippen LogP contribution in [0.4, 0.5) is 4.39 Å². The molecule has 0 bridgehead atoms. The van der Waals surface area contributed by atoms with Gasteiger partial charge < -0.3 is 5.73 Å². The molecule has 2 nitrogen and oxygen atoms in total. The molecule has 0 aliphatic rings. The van der Waals surface area contributed by atoms with Crippen molar-refractivity contribution in [2.24, 2.45) is 5.73 Å². The summed E-state index contributed by atoms with van der Waals surface area (Å²) in [6.45, 7) is 1.14. The molecule has 0 saturated heterocycles. The lowest BCUT2D eigenvalue weighted by molar-refractivity contribution is 0.242. The van der Waals surface area contributed by atoms with Crippen LogP contribution in [0.15, 0.2) is 34.8 Å². The Hall–Kier alpha value is -0.460. The monoisotopic (exact) mass is 376 g/mol. The molecule has 108 valence electrons. The van der Waals surface area contributed by atoms with Gasteiger partial charge >= 0.3 is 0 Å². The van der Waals surface area contributed by atoms with Crippen molar-refractivity contribution < 1.29 is 4.39 Å². The van der Waals surface area contributed by atoms with Crippen LogP contribution in [0.3, 0.4) is 0 Å². The van der Waals surface area contributed by atoms with E-state index in [1.54, 1.807) is 17.4 Å². The number of nitrogens with zero attached hydrogens (tertiary/aromatic N) is 1. The maximum absolute atomic E-state index is 13.4. The fourth-order valence-corrected chi connectivity index (χ4v) is 3.77. The van der Waals surface area contributed by atoms with Gasteiger partial charge in [0.2, 0.25) is 0 Å². The highest BCUT2D eigenvalue weighted by atomic mass is 79.9. The molecule has 0 aliphatic heterocycles. The van der Waals surface area contributed by atoms with Crippen molar-refractivity contribution in [3.05, 3.63) is 55.4 Å². The summed E-state index contributed by atoms with van der Waals surface area (Å²) in [5, 5.41) is 0. The Morgan fingerprint density at radius 2 is 2.15 bits per heavy atom. The van der Waals surface area contributed by atoms with Gasteiger partial charge in [-0.05, 0) is 42.9 Å². The minimum Gasteiger partial charge on any atom is -0.329 e. The zero-order valence-electron chi connectivity index (χ0n) is 10.9. The molecule has 0 fully saturated rings. The third kappa shape index (κ3) is 3.80. The van der Waals surface area contributed by atoms with Gasteiger partial charge in [0.25, 0.3) is 0 Å². The van der Waals surface area contributed by atoms with Gasteiger partial charge in [-0.2, -0.15) is 0 Å². The largest absolute Gasteiger partial charge is 0.329 e. The summed E-state index contributed by atoms with van der Waals surface area (Å²) < 4.78 is 15.1. The summed E-state index contributed by atoms with van der Waals surface area (Å²) >= 11 is 10.9. The van der Waals surface area contributed by atoms with Gasteiger partial charge in [0, 0.05) is 28.5 Å². The number of hydrogen-bond donors (Lipinski definition) is 1. The topological polar surface area (TPSA) is 29.3 Å². The van der Waals surface area contributed by atoms with Gasteiger partial charge in [0.05, 0.1) is 4.34 Å². The number of thiophene rings is 1. The van der Waals surface area contributed by atoms with Crippen LogP contribution in [-0.4, -0.2) is 18.5 Å². The minimum atomic E-state index is -0.255. The van der Waals surface area contributed by atoms with Gasteiger partial charge in [-0.15, -0.1) is 11.3 Å². The van der Waals surface area contributed by atoms with Crippen LogP contribution in [0.25, 0.3) is 0 Å². The van der Waals surface area contributed by atoms with Crippen molar-refractivity contribution in [3.63, 3.8) is 0 Å². The molecule has 20 heavy (non-hydrogen) atoms. The summed E-state index contributed by atoms with van der Waals surface area (Å²) in [5.41, 5.74) is 6.73. The van der Waals surface area contributed by atoms with Crippen LogP contribution in [0.5, 0.6) is 0 Å². The van der Waals surface area contributed by atoms with Crippen LogP contribution in [0, 0.1) is 5.82 Å². The molecule has 1 aromatic heterocycles. The zero-order valence-corrected chi connectivity index (χ0v) is 14.1. The average Bonchev–Trinajstić information content (AvgIpc) is 2.80. The molecular formula is C14H15BrClFN2S. The summed E-state index contributed by atoms with van der Waals surface area (Å²) in [7, 11) is 1.97. The van der Waals surface area contributed by atoms with E-state index in [2.05, 4.69) is 20.8 Å². The smallest absolute Gasteiger partial charge is 0.123 e. The molecule has 1 heterocycles. The van der Waals surface area contributed by atoms with Crippen LogP contribution in [-0.2, 0) is 6.54 Å². The quantitative estimate of drug-likeness (QED) is 0.835. The first kappa shape index (κ1) is 15.9. The highest BCUT2D eigenvalue weighted by Gasteiger charge is 2.19. The Bertz CT molecular complexity index is 590.